The number of hydrogen-bond donors (Lipinski definition) is 4. The third-order valence-electron chi connectivity index (χ3n) is 5.42. The van der Waals surface area contributed by atoms with Gasteiger partial charge >= 0.3 is 0 Å². The van der Waals surface area contributed by atoms with E-state index in [0.29, 0.717) is 17.3 Å². The van der Waals surface area contributed by atoms with Gasteiger partial charge in [0.1, 0.15) is 15.5 Å². The van der Waals surface area contributed by atoms with E-state index in [-0.39, 0.29) is 27.8 Å². The summed E-state index contributed by atoms with van der Waals surface area (Å²) in [6.45, 7) is 0. The van der Waals surface area contributed by atoms with Crippen LogP contribution in [0.2, 0.25) is 0 Å². The molecule has 0 bridgehead atoms. The Morgan fingerprint density at radius 1 is 0.615 bits per heavy atom. The second-order valence-corrected chi connectivity index (χ2v) is 12.2. The Morgan fingerprint density at radius 2 is 1.23 bits per heavy atom. The maximum atomic E-state index is 11.8. The van der Waals surface area contributed by atoms with E-state index in [1.807, 2.05) is 0 Å². The zero-order valence-electron chi connectivity index (χ0n) is 19.4. The molecule has 0 aliphatic rings. The summed E-state index contributed by atoms with van der Waals surface area (Å²) in [5, 5.41) is 18.7. The largest absolute Gasteiger partial charge is 0.505 e. The van der Waals surface area contributed by atoms with E-state index in [0.717, 1.165) is 18.2 Å². The number of azo groups is 1. The summed E-state index contributed by atoms with van der Waals surface area (Å²) in [5.41, 5.74) is 0.590. The Morgan fingerprint density at radius 3 is 1.82 bits per heavy atom. The lowest BCUT2D eigenvalue weighted by Crippen LogP contribution is -2.05. The lowest BCUT2D eigenvalue weighted by atomic mass is 10.1. The fourth-order valence-electron chi connectivity index (χ4n) is 3.59. The van der Waals surface area contributed by atoms with Gasteiger partial charge in [0, 0.05) is 10.8 Å². The first kappa shape index (κ1) is 28.0. The molecule has 0 radical (unpaired) electrons. The average molecular weight is 591 g/mol. The number of phenolic OH excluding ortho intramolecular Hbond substituents is 1. The standard InChI is InChI=1S/C24H18N2O10S3/c27-24-20-4-2-1-3-19(20)23(39(34,35)36)14-21(24)26-25-17-10-6-15(7-11-17)5-8-16-9-12-18(37(28,29)30)13-22(16)38(31,32)33/h1-14,27H,(H,28,29,30)(H,31,32,33)(H,34,35,36). The molecular weight excluding hydrogens is 572 g/mol. The van der Waals surface area contributed by atoms with Crippen LogP contribution in [0.3, 0.4) is 0 Å². The van der Waals surface area contributed by atoms with Gasteiger partial charge in [-0.3, -0.25) is 13.7 Å². The van der Waals surface area contributed by atoms with Crippen molar-refractivity contribution in [3.63, 3.8) is 0 Å². The molecule has 0 amide bonds. The molecule has 0 fully saturated rings. The van der Waals surface area contributed by atoms with Crippen LogP contribution in [0.5, 0.6) is 5.75 Å². The average Bonchev–Trinajstić information content (AvgIpc) is 2.86. The Balaban J connectivity index is 1.63. The summed E-state index contributed by atoms with van der Waals surface area (Å²) >= 11 is 0. The van der Waals surface area contributed by atoms with Gasteiger partial charge in [0.05, 0.1) is 10.6 Å². The third-order valence-corrected chi connectivity index (χ3v) is 8.07. The van der Waals surface area contributed by atoms with Crippen LogP contribution >= 0.6 is 0 Å². The number of hydrogen-bond acceptors (Lipinski definition) is 9. The van der Waals surface area contributed by atoms with Gasteiger partial charge < -0.3 is 5.11 Å². The molecule has 202 valence electrons. The van der Waals surface area contributed by atoms with Crippen LogP contribution in [0.4, 0.5) is 11.4 Å². The lowest BCUT2D eigenvalue weighted by Gasteiger charge is -2.08. The van der Waals surface area contributed by atoms with E-state index in [1.54, 1.807) is 24.3 Å². The number of nitrogens with zero attached hydrogens (tertiary/aromatic N) is 2. The summed E-state index contributed by atoms with van der Waals surface area (Å²) < 4.78 is 97.9. The SMILES string of the molecule is O=S(=O)(O)c1ccc(C=Cc2ccc(N=Nc3cc(S(=O)(=O)O)c4ccccc4c3O)cc2)c(S(=O)(=O)O)c1. The van der Waals surface area contributed by atoms with Crippen molar-refractivity contribution in [2.45, 2.75) is 14.7 Å². The summed E-state index contributed by atoms with van der Waals surface area (Å²) in [6, 6.07) is 15.9. The summed E-state index contributed by atoms with van der Waals surface area (Å²) in [4.78, 5) is -1.87. The molecule has 4 rings (SSSR count). The van der Waals surface area contributed by atoms with Crippen molar-refractivity contribution in [3.8, 4) is 5.75 Å². The molecule has 0 aromatic heterocycles. The summed E-state index contributed by atoms with van der Waals surface area (Å²) in [5.74, 6) is -0.337. The number of fused-ring (bicyclic) bond motifs is 1. The van der Waals surface area contributed by atoms with Crippen molar-refractivity contribution in [1.82, 2.24) is 0 Å². The lowest BCUT2D eigenvalue weighted by molar-refractivity contribution is 0.477. The van der Waals surface area contributed by atoms with Gasteiger partial charge in [0.25, 0.3) is 30.4 Å². The summed E-state index contributed by atoms with van der Waals surface area (Å²) in [7, 11) is -14.1. The number of phenols is 1. The molecular formula is C24H18N2O10S3. The molecule has 0 spiro atoms. The fraction of sp³-hybridized carbons (Fsp3) is 0. The smallest absolute Gasteiger partial charge is 0.295 e. The molecule has 0 aliphatic carbocycles. The summed E-state index contributed by atoms with van der Waals surface area (Å²) in [6.07, 6.45) is 2.77. The molecule has 4 aromatic rings. The predicted molar refractivity (Wildman–Crippen MR) is 141 cm³/mol. The first-order chi connectivity index (χ1) is 18.1. The first-order valence-electron chi connectivity index (χ1n) is 10.7. The van der Waals surface area contributed by atoms with E-state index >= 15 is 0 Å². The van der Waals surface area contributed by atoms with Crippen LogP contribution in [0, 0.1) is 0 Å². The zero-order chi connectivity index (χ0) is 28.6. The molecule has 0 saturated carbocycles. The quantitative estimate of drug-likeness (QED) is 0.130. The molecule has 4 N–H and O–H groups in total. The van der Waals surface area contributed by atoms with Gasteiger partial charge in [-0.1, -0.05) is 54.6 Å². The van der Waals surface area contributed by atoms with Crippen molar-refractivity contribution >= 4 is 64.7 Å². The molecule has 4 aromatic carbocycles. The number of aromatic hydroxyl groups is 1. The third kappa shape index (κ3) is 6.36. The van der Waals surface area contributed by atoms with Gasteiger partial charge in [-0.15, -0.1) is 5.11 Å². The van der Waals surface area contributed by atoms with Crippen LogP contribution in [-0.4, -0.2) is 44.0 Å². The second kappa shape index (κ2) is 10.3. The van der Waals surface area contributed by atoms with Gasteiger partial charge in [0.2, 0.25) is 0 Å². The van der Waals surface area contributed by atoms with Crippen molar-refractivity contribution in [3.05, 3.63) is 83.9 Å². The van der Waals surface area contributed by atoms with E-state index in [9.17, 15) is 39.5 Å². The predicted octanol–water partition coefficient (Wildman–Crippen LogP) is 4.87. The van der Waals surface area contributed by atoms with Crippen LogP contribution in [0.1, 0.15) is 11.1 Å². The highest BCUT2D eigenvalue weighted by atomic mass is 32.2. The van der Waals surface area contributed by atoms with E-state index in [2.05, 4.69) is 10.2 Å². The molecule has 0 unspecified atom stereocenters. The topological polar surface area (TPSA) is 208 Å². The van der Waals surface area contributed by atoms with E-state index in [1.165, 1.54) is 36.4 Å². The molecule has 0 saturated heterocycles. The minimum absolute atomic E-state index is 0.0462. The molecule has 15 heteroatoms. The highest BCUT2D eigenvalue weighted by Gasteiger charge is 2.20. The van der Waals surface area contributed by atoms with Gasteiger partial charge in [-0.05, 0) is 41.5 Å². The van der Waals surface area contributed by atoms with Crippen molar-refractivity contribution in [2.24, 2.45) is 10.2 Å². The van der Waals surface area contributed by atoms with Crippen molar-refractivity contribution in [2.75, 3.05) is 0 Å². The van der Waals surface area contributed by atoms with E-state index in [4.69, 9.17) is 4.55 Å². The Bertz CT molecular complexity index is 1980. The maximum Gasteiger partial charge on any atom is 0.295 e. The Kier molecular flexibility index (Phi) is 7.40. The van der Waals surface area contributed by atoms with Crippen LogP contribution < -0.4 is 0 Å². The van der Waals surface area contributed by atoms with Crippen LogP contribution in [0.15, 0.2) is 97.7 Å². The van der Waals surface area contributed by atoms with Gasteiger partial charge in [-0.2, -0.15) is 30.4 Å². The van der Waals surface area contributed by atoms with Gasteiger partial charge in [-0.25, -0.2) is 0 Å². The fourth-order valence-corrected chi connectivity index (χ4v) is 5.60. The van der Waals surface area contributed by atoms with Crippen molar-refractivity contribution in [1.29, 1.82) is 0 Å². The highest BCUT2D eigenvalue weighted by Crippen LogP contribution is 2.39. The Labute approximate surface area is 222 Å². The molecule has 12 nitrogen and oxygen atoms in total. The van der Waals surface area contributed by atoms with Crippen LogP contribution in [0.25, 0.3) is 22.9 Å². The molecule has 0 heterocycles. The van der Waals surface area contributed by atoms with Crippen LogP contribution in [-0.2, 0) is 30.4 Å². The number of benzene rings is 4. The normalized spacial score (nSPS) is 13.0. The minimum Gasteiger partial charge on any atom is -0.505 e. The highest BCUT2D eigenvalue weighted by molar-refractivity contribution is 7.86. The second-order valence-electron chi connectivity index (χ2n) is 8.04. The first-order valence-corrected chi connectivity index (χ1v) is 15.0. The van der Waals surface area contributed by atoms with Gasteiger partial charge in [0.15, 0.2) is 5.75 Å². The maximum absolute atomic E-state index is 11.8. The molecule has 0 atom stereocenters. The van der Waals surface area contributed by atoms with E-state index < -0.39 is 45.0 Å². The monoisotopic (exact) mass is 590 g/mol. The van der Waals surface area contributed by atoms with Crippen molar-refractivity contribution < 1.29 is 44.0 Å². The number of rotatable bonds is 7. The minimum atomic E-state index is -4.82. The zero-order valence-corrected chi connectivity index (χ0v) is 21.9. The molecule has 0 aliphatic heterocycles. The molecule has 39 heavy (non-hydrogen) atoms. The Hall–Kier alpha value is -3.99.